The van der Waals surface area contributed by atoms with E-state index in [-0.39, 0.29) is 10.5 Å². The minimum atomic E-state index is -4.78. The molecule has 0 radical (unpaired) electrons. The summed E-state index contributed by atoms with van der Waals surface area (Å²) in [5.41, 5.74) is 0.582. The van der Waals surface area contributed by atoms with Crippen molar-refractivity contribution in [3.05, 3.63) is 23.0 Å². The van der Waals surface area contributed by atoms with Gasteiger partial charge in [0.25, 0.3) is 0 Å². The molecule has 1 aromatic heterocycles. The number of aromatic nitrogens is 1. The van der Waals surface area contributed by atoms with Crippen molar-refractivity contribution in [1.82, 2.24) is 4.98 Å². The maximum absolute atomic E-state index is 12.0. The Hall–Kier alpha value is -1.43. The molecule has 0 amide bonds. The summed E-state index contributed by atoms with van der Waals surface area (Å²) < 4.78 is 44.8. The SMILES string of the molecule is CC.Cc1nc2cc(OC(F)(F)F)c(Cl)cc2o1. The molecule has 0 N–H and O–H groups in total. The largest absolute Gasteiger partial charge is 0.573 e. The first-order valence-corrected chi connectivity index (χ1v) is 5.55. The summed E-state index contributed by atoms with van der Waals surface area (Å²) in [5, 5.41) is -0.180. The second-order valence-corrected chi connectivity index (χ2v) is 3.44. The van der Waals surface area contributed by atoms with Gasteiger partial charge in [-0.1, -0.05) is 25.4 Å². The third kappa shape index (κ3) is 3.53. The van der Waals surface area contributed by atoms with E-state index in [1.807, 2.05) is 13.8 Å². The molecule has 3 nitrogen and oxygen atoms in total. The fourth-order valence-electron chi connectivity index (χ4n) is 1.25. The number of alkyl halides is 3. The van der Waals surface area contributed by atoms with Gasteiger partial charge < -0.3 is 9.15 Å². The Kier molecular flexibility index (Phi) is 4.45. The summed E-state index contributed by atoms with van der Waals surface area (Å²) >= 11 is 5.61. The summed E-state index contributed by atoms with van der Waals surface area (Å²) in [4.78, 5) is 3.87. The highest BCUT2D eigenvalue weighted by Gasteiger charge is 2.32. The van der Waals surface area contributed by atoms with Crippen LogP contribution in [0.1, 0.15) is 19.7 Å². The minimum absolute atomic E-state index is 0.180. The summed E-state index contributed by atoms with van der Waals surface area (Å²) in [6.45, 7) is 5.58. The minimum Gasteiger partial charge on any atom is -0.441 e. The maximum Gasteiger partial charge on any atom is 0.573 e. The van der Waals surface area contributed by atoms with Crippen LogP contribution in [0, 0.1) is 6.92 Å². The van der Waals surface area contributed by atoms with Crippen molar-refractivity contribution < 1.29 is 22.3 Å². The summed E-state index contributed by atoms with van der Waals surface area (Å²) in [6.07, 6.45) is -4.78. The monoisotopic (exact) mass is 281 g/mol. The van der Waals surface area contributed by atoms with E-state index >= 15 is 0 Å². The molecule has 100 valence electrons. The van der Waals surface area contributed by atoms with E-state index in [4.69, 9.17) is 16.0 Å². The Morgan fingerprint density at radius 1 is 1.28 bits per heavy atom. The molecule has 2 aromatic rings. The molecule has 0 saturated carbocycles. The van der Waals surface area contributed by atoms with Gasteiger partial charge in [-0.2, -0.15) is 0 Å². The zero-order chi connectivity index (χ0) is 13.9. The van der Waals surface area contributed by atoms with Crippen LogP contribution in [0.4, 0.5) is 13.2 Å². The molecular weight excluding hydrogens is 271 g/mol. The first-order valence-electron chi connectivity index (χ1n) is 5.17. The fourth-order valence-corrected chi connectivity index (χ4v) is 1.44. The smallest absolute Gasteiger partial charge is 0.441 e. The van der Waals surface area contributed by atoms with Gasteiger partial charge in [-0.15, -0.1) is 13.2 Å². The highest BCUT2D eigenvalue weighted by Crippen LogP contribution is 2.33. The molecule has 0 bridgehead atoms. The molecule has 0 unspecified atom stereocenters. The zero-order valence-corrected chi connectivity index (χ0v) is 10.7. The van der Waals surface area contributed by atoms with Gasteiger partial charge in [-0.25, -0.2) is 4.98 Å². The molecule has 0 atom stereocenters. The molecule has 0 aliphatic heterocycles. The van der Waals surface area contributed by atoms with E-state index in [1.54, 1.807) is 6.92 Å². The third-order valence-electron chi connectivity index (χ3n) is 1.77. The van der Waals surface area contributed by atoms with Gasteiger partial charge in [0, 0.05) is 19.1 Å². The Morgan fingerprint density at radius 3 is 2.44 bits per heavy atom. The number of fused-ring (bicyclic) bond motifs is 1. The molecule has 0 fully saturated rings. The van der Waals surface area contributed by atoms with Crippen LogP contribution in [0.25, 0.3) is 11.1 Å². The highest BCUT2D eigenvalue weighted by atomic mass is 35.5. The van der Waals surface area contributed by atoms with Crippen LogP contribution in [-0.2, 0) is 0 Å². The fraction of sp³-hybridized carbons (Fsp3) is 0.364. The van der Waals surface area contributed by atoms with E-state index in [1.165, 1.54) is 6.07 Å². The molecular formula is C11H11ClF3NO2. The van der Waals surface area contributed by atoms with Crippen LogP contribution in [0.3, 0.4) is 0 Å². The van der Waals surface area contributed by atoms with Gasteiger partial charge in [-0.3, -0.25) is 0 Å². The van der Waals surface area contributed by atoms with Crippen molar-refractivity contribution in [3.8, 4) is 5.75 Å². The molecule has 0 aliphatic rings. The predicted molar refractivity (Wildman–Crippen MR) is 61.8 cm³/mol. The number of aryl methyl sites for hydroxylation is 1. The van der Waals surface area contributed by atoms with Crippen molar-refractivity contribution in [2.24, 2.45) is 0 Å². The van der Waals surface area contributed by atoms with E-state index in [0.29, 0.717) is 11.5 Å². The van der Waals surface area contributed by atoms with Crippen LogP contribution < -0.4 is 4.74 Å². The molecule has 0 spiro atoms. The number of oxazole rings is 1. The number of hydrogen-bond acceptors (Lipinski definition) is 3. The Bertz CT molecular complexity index is 537. The summed E-state index contributed by atoms with van der Waals surface area (Å²) in [6, 6.07) is 2.32. The van der Waals surface area contributed by atoms with Crippen molar-refractivity contribution >= 4 is 22.7 Å². The number of nitrogens with zero attached hydrogens (tertiary/aromatic N) is 1. The quantitative estimate of drug-likeness (QED) is 0.759. The Balaban J connectivity index is 0.000000771. The maximum atomic E-state index is 12.0. The highest BCUT2D eigenvalue weighted by molar-refractivity contribution is 6.32. The second kappa shape index (κ2) is 5.48. The third-order valence-corrected chi connectivity index (χ3v) is 2.07. The topological polar surface area (TPSA) is 35.3 Å². The Labute approximate surface area is 107 Å². The van der Waals surface area contributed by atoms with Crippen LogP contribution in [0.15, 0.2) is 16.5 Å². The van der Waals surface area contributed by atoms with Crippen LogP contribution >= 0.6 is 11.6 Å². The van der Waals surface area contributed by atoms with Crippen molar-refractivity contribution in [1.29, 1.82) is 0 Å². The first-order chi connectivity index (χ1) is 8.35. The molecule has 18 heavy (non-hydrogen) atoms. The van der Waals surface area contributed by atoms with E-state index in [9.17, 15) is 13.2 Å². The van der Waals surface area contributed by atoms with Crippen LogP contribution in [-0.4, -0.2) is 11.3 Å². The molecule has 1 heterocycles. The number of benzene rings is 1. The molecule has 1 aromatic carbocycles. The van der Waals surface area contributed by atoms with Crippen molar-refractivity contribution in [3.63, 3.8) is 0 Å². The van der Waals surface area contributed by atoms with Gasteiger partial charge in [0.2, 0.25) is 0 Å². The predicted octanol–water partition coefficient (Wildman–Crippen LogP) is 4.71. The first kappa shape index (κ1) is 14.6. The molecule has 7 heteroatoms. The lowest BCUT2D eigenvalue weighted by Gasteiger charge is -2.09. The number of rotatable bonds is 1. The normalized spacial score (nSPS) is 11.1. The molecule has 0 saturated heterocycles. The van der Waals surface area contributed by atoms with Crippen LogP contribution in [0.5, 0.6) is 5.75 Å². The molecule has 0 aliphatic carbocycles. The van der Waals surface area contributed by atoms with E-state index < -0.39 is 12.1 Å². The van der Waals surface area contributed by atoms with Gasteiger partial charge in [0.1, 0.15) is 11.3 Å². The standard InChI is InChI=1S/C9H5ClF3NO2.C2H6/c1-4-14-6-3-7(16-9(11,12)13)5(10)2-8(6)15-4;1-2/h2-3H,1H3;1-2H3. The van der Waals surface area contributed by atoms with Gasteiger partial charge >= 0.3 is 6.36 Å². The van der Waals surface area contributed by atoms with Crippen molar-refractivity contribution in [2.45, 2.75) is 27.1 Å². The lowest BCUT2D eigenvalue weighted by Crippen LogP contribution is -2.17. The number of hydrogen-bond donors (Lipinski definition) is 0. The number of halogens is 4. The average molecular weight is 282 g/mol. The summed E-state index contributed by atoms with van der Waals surface area (Å²) in [5.74, 6) is -0.148. The van der Waals surface area contributed by atoms with Gasteiger partial charge in [-0.05, 0) is 0 Å². The van der Waals surface area contributed by atoms with Gasteiger partial charge in [0.15, 0.2) is 11.5 Å². The average Bonchev–Trinajstić information content (AvgIpc) is 2.59. The van der Waals surface area contributed by atoms with Crippen LogP contribution in [0.2, 0.25) is 5.02 Å². The lowest BCUT2D eigenvalue weighted by molar-refractivity contribution is -0.274. The van der Waals surface area contributed by atoms with E-state index in [2.05, 4.69) is 9.72 Å². The lowest BCUT2D eigenvalue weighted by atomic mass is 10.3. The Morgan fingerprint density at radius 2 is 1.89 bits per heavy atom. The summed E-state index contributed by atoms with van der Waals surface area (Å²) in [7, 11) is 0. The molecule has 2 rings (SSSR count). The van der Waals surface area contributed by atoms with Gasteiger partial charge in [0.05, 0.1) is 5.02 Å². The zero-order valence-electron chi connectivity index (χ0n) is 9.93. The second-order valence-electron chi connectivity index (χ2n) is 3.03. The van der Waals surface area contributed by atoms with E-state index in [0.717, 1.165) is 6.07 Å². The number of ether oxygens (including phenoxy) is 1. The van der Waals surface area contributed by atoms with Crippen molar-refractivity contribution in [2.75, 3.05) is 0 Å².